The molecule has 1 saturated carbocycles. The highest BCUT2D eigenvalue weighted by molar-refractivity contribution is 7.14. The van der Waals surface area contributed by atoms with Crippen molar-refractivity contribution in [1.29, 1.82) is 0 Å². The Bertz CT molecular complexity index is 1710. The summed E-state index contributed by atoms with van der Waals surface area (Å²) in [5.74, 6) is 0.929. The van der Waals surface area contributed by atoms with E-state index in [-0.39, 0.29) is 30.6 Å². The van der Waals surface area contributed by atoms with E-state index in [0.29, 0.717) is 73.6 Å². The Balaban J connectivity index is 1.54. The lowest BCUT2D eigenvalue weighted by molar-refractivity contribution is -0.139. The SMILES string of the molecule is COCCCN(C[C@]1(O)CC[C@H]2c3ccc(cc3C(=O)c3ccc(C)s3)C[C@@H](O)CCC(C)=CCC[C@@]21C)C(=O)Cc1ccc(OC)c(OC)c1. The predicted octanol–water partition coefficient (Wildman–Crippen LogP) is 7.45. The van der Waals surface area contributed by atoms with E-state index in [9.17, 15) is 19.8 Å². The Hall–Kier alpha value is -3.50. The van der Waals surface area contributed by atoms with Gasteiger partial charge in [-0.3, -0.25) is 9.59 Å². The molecule has 4 atom stereocenters. The molecular weight excluding hydrogens is 663 g/mol. The number of allylic oxidation sites excluding steroid dienone is 2. The summed E-state index contributed by atoms with van der Waals surface area (Å²) < 4.78 is 16.3. The molecule has 276 valence electrons. The molecule has 9 heteroatoms. The third-order valence-corrected chi connectivity index (χ3v) is 12.3. The van der Waals surface area contributed by atoms with Crippen molar-refractivity contribution >= 4 is 23.0 Å². The molecule has 0 saturated heterocycles. The van der Waals surface area contributed by atoms with Gasteiger partial charge in [0.2, 0.25) is 11.7 Å². The highest BCUT2D eigenvalue weighted by Crippen LogP contribution is 2.59. The van der Waals surface area contributed by atoms with E-state index >= 15 is 0 Å². The van der Waals surface area contributed by atoms with Gasteiger partial charge in [0.25, 0.3) is 0 Å². The minimum Gasteiger partial charge on any atom is -0.493 e. The molecule has 2 N–H and O–H groups in total. The van der Waals surface area contributed by atoms with E-state index in [2.05, 4.69) is 26.0 Å². The summed E-state index contributed by atoms with van der Waals surface area (Å²) in [5.41, 5.74) is 2.66. The lowest BCUT2D eigenvalue weighted by atomic mass is 9.64. The van der Waals surface area contributed by atoms with Gasteiger partial charge < -0.3 is 29.3 Å². The first-order valence-electron chi connectivity index (χ1n) is 18.2. The van der Waals surface area contributed by atoms with Gasteiger partial charge in [-0.2, -0.15) is 0 Å². The molecule has 0 radical (unpaired) electrons. The van der Waals surface area contributed by atoms with Crippen LogP contribution in [0.4, 0.5) is 0 Å². The van der Waals surface area contributed by atoms with E-state index in [0.717, 1.165) is 34.4 Å². The maximum absolute atomic E-state index is 14.3. The molecule has 1 fully saturated rings. The van der Waals surface area contributed by atoms with Gasteiger partial charge in [-0.05, 0) is 118 Å². The van der Waals surface area contributed by atoms with Crippen molar-refractivity contribution in [2.24, 2.45) is 5.41 Å². The first-order valence-corrected chi connectivity index (χ1v) is 19.0. The van der Waals surface area contributed by atoms with Crippen LogP contribution in [0.2, 0.25) is 0 Å². The molecule has 1 amide bonds. The Labute approximate surface area is 307 Å². The fourth-order valence-electron chi connectivity index (χ4n) is 8.17. The topological polar surface area (TPSA) is 106 Å². The number of aryl methyl sites for hydroxylation is 1. The number of fused-ring (bicyclic) bond motifs is 8. The average molecular weight is 718 g/mol. The average Bonchev–Trinajstić information content (AvgIpc) is 3.66. The second-order valence-electron chi connectivity index (χ2n) is 14.7. The first-order chi connectivity index (χ1) is 24.4. The second kappa shape index (κ2) is 16.9. The third-order valence-electron chi connectivity index (χ3n) is 11.3. The summed E-state index contributed by atoms with van der Waals surface area (Å²) in [5, 5.41) is 23.9. The van der Waals surface area contributed by atoms with Gasteiger partial charge in [0, 0.05) is 42.7 Å². The van der Waals surface area contributed by atoms with Crippen LogP contribution >= 0.6 is 11.3 Å². The number of thiophene rings is 1. The Morgan fingerprint density at radius 1 is 0.980 bits per heavy atom. The van der Waals surface area contributed by atoms with Crippen molar-refractivity contribution in [2.45, 2.75) is 96.2 Å². The number of rotatable bonds is 12. The van der Waals surface area contributed by atoms with Crippen molar-refractivity contribution in [3.63, 3.8) is 0 Å². The number of hydrogen-bond acceptors (Lipinski definition) is 8. The van der Waals surface area contributed by atoms with E-state index in [4.69, 9.17) is 14.2 Å². The van der Waals surface area contributed by atoms with Crippen molar-refractivity contribution < 1.29 is 34.0 Å². The number of ether oxygens (including phenoxy) is 3. The number of carbonyl (C=O) groups excluding carboxylic acids is 2. The normalized spacial score (nSPS) is 23.6. The summed E-state index contributed by atoms with van der Waals surface area (Å²) in [6, 6.07) is 15.5. The van der Waals surface area contributed by atoms with Gasteiger partial charge in [-0.1, -0.05) is 36.8 Å². The molecule has 3 aliphatic carbocycles. The zero-order chi connectivity index (χ0) is 36.8. The molecule has 0 aliphatic heterocycles. The molecule has 2 aromatic carbocycles. The molecule has 1 heterocycles. The number of ketones is 1. The molecule has 2 bridgehead atoms. The minimum absolute atomic E-state index is 0.0219. The lowest BCUT2D eigenvalue weighted by Gasteiger charge is -2.46. The Kier molecular flexibility index (Phi) is 12.8. The van der Waals surface area contributed by atoms with Crippen molar-refractivity contribution in [2.75, 3.05) is 41.0 Å². The number of aliphatic hydroxyl groups is 2. The number of amides is 1. The first kappa shape index (κ1) is 38.7. The fourth-order valence-corrected chi connectivity index (χ4v) is 8.99. The van der Waals surface area contributed by atoms with Crippen LogP contribution in [0.1, 0.15) is 102 Å². The van der Waals surface area contributed by atoms with Gasteiger partial charge in [0.05, 0.1) is 37.2 Å². The molecular formula is C42H55NO7S. The summed E-state index contributed by atoms with van der Waals surface area (Å²) >= 11 is 1.49. The van der Waals surface area contributed by atoms with Crippen LogP contribution in [0.25, 0.3) is 0 Å². The number of benzene rings is 2. The van der Waals surface area contributed by atoms with Gasteiger partial charge in [-0.25, -0.2) is 0 Å². The van der Waals surface area contributed by atoms with E-state index < -0.39 is 17.1 Å². The fraction of sp³-hybridized carbons (Fsp3) is 0.524. The van der Waals surface area contributed by atoms with Crippen LogP contribution in [-0.4, -0.2) is 79.5 Å². The van der Waals surface area contributed by atoms with E-state index in [1.54, 1.807) is 32.3 Å². The monoisotopic (exact) mass is 717 g/mol. The number of nitrogens with zero attached hydrogens (tertiary/aromatic N) is 1. The summed E-state index contributed by atoms with van der Waals surface area (Å²) in [7, 11) is 4.81. The van der Waals surface area contributed by atoms with E-state index in [1.165, 1.54) is 16.9 Å². The van der Waals surface area contributed by atoms with Crippen molar-refractivity contribution in [3.05, 3.63) is 92.2 Å². The van der Waals surface area contributed by atoms with Gasteiger partial charge >= 0.3 is 0 Å². The zero-order valence-electron chi connectivity index (χ0n) is 31.1. The molecule has 3 aliphatic rings. The van der Waals surface area contributed by atoms with Crippen LogP contribution in [0.15, 0.2) is 60.2 Å². The van der Waals surface area contributed by atoms with Crippen LogP contribution in [0.3, 0.4) is 0 Å². The second-order valence-corrected chi connectivity index (χ2v) is 16.0. The number of methoxy groups -OCH3 is 3. The van der Waals surface area contributed by atoms with Crippen LogP contribution in [0.5, 0.6) is 11.5 Å². The van der Waals surface area contributed by atoms with Crippen LogP contribution in [-0.2, 0) is 22.4 Å². The lowest BCUT2D eigenvalue weighted by Crippen LogP contribution is -2.54. The standard InChI is InChI=1S/C42H55NO7S/c1-28-9-7-19-41(3)35(33-15-12-30(23-32(44)14-10-28)24-34(33)40(46)38-17-11-29(2)51-38)18-20-42(41,47)27-43(21-8-22-48-4)39(45)26-31-13-16-36(49-5)37(25-31)50-6/h9,11-13,15-17,24-25,32,35,44,47H,7-8,10,14,18-23,26-27H2,1-6H3/t32-,35-,41-,42+/m0/s1. The molecule has 1 aromatic heterocycles. The quantitative estimate of drug-likeness (QED) is 0.114. The van der Waals surface area contributed by atoms with Gasteiger partial charge in [-0.15, -0.1) is 11.3 Å². The van der Waals surface area contributed by atoms with Crippen molar-refractivity contribution in [3.8, 4) is 11.5 Å². The summed E-state index contributed by atoms with van der Waals surface area (Å²) in [4.78, 5) is 31.9. The zero-order valence-corrected chi connectivity index (χ0v) is 31.9. The molecule has 3 aromatic rings. The highest BCUT2D eigenvalue weighted by Gasteiger charge is 2.57. The third kappa shape index (κ3) is 8.76. The van der Waals surface area contributed by atoms with Gasteiger partial charge in [0.15, 0.2) is 11.5 Å². The Morgan fingerprint density at radius 2 is 1.76 bits per heavy atom. The maximum atomic E-state index is 14.3. The highest BCUT2D eigenvalue weighted by atomic mass is 32.1. The van der Waals surface area contributed by atoms with E-state index in [1.807, 2.05) is 43.3 Å². The number of carbonyl (C=O) groups is 2. The summed E-state index contributed by atoms with van der Waals surface area (Å²) in [6.07, 6.45) is 7.00. The number of aliphatic hydroxyl groups excluding tert-OH is 1. The maximum Gasteiger partial charge on any atom is 0.227 e. The minimum atomic E-state index is -1.22. The predicted molar refractivity (Wildman–Crippen MR) is 202 cm³/mol. The van der Waals surface area contributed by atoms with Crippen LogP contribution in [0, 0.1) is 12.3 Å². The Morgan fingerprint density at radius 3 is 2.47 bits per heavy atom. The molecule has 8 nitrogen and oxygen atoms in total. The summed E-state index contributed by atoms with van der Waals surface area (Å²) in [6.45, 7) is 7.39. The van der Waals surface area contributed by atoms with Crippen molar-refractivity contribution in [1.82, 2.24) is 4.90 Å². The molecule has 0 spiro atoms. The smallest absolute Gasteiger partial charge is 0.227 e. The van der Waals surface area contributed by atoms with Gasteiger partial charge in [0.1, 0.15) is 0 Å². The molecule has 0 unspecified atom stereocenters. The molecule has 51 heavy (non-hydrogen) atoms. The number of hydrogen-bond donors (Lipinski definition) is 2. The van der Waals surface area contributed by atoms with Crippen LogP contribution < -0.4 is 9.47 Å². The molecule has 6 rings (SSSR count). The largest absolute Gasteiger partial charge is 0.493 e.